The molecule has 0 aliphatic carbocycles. The smallest absolute Gasteiger partial charge is 0.410 e. The van der Waals surface area contributed by atoms with Crippen LogP contribution in [0.4, 0.5) is 4.79 Å². The molecule has 1 heterocycles. The van der Waals surface area contributed by atoms with Gasteiger partial charge in [-0.25, -0.2) is 13.2 Å². The summed E-state index contributed by atoms with van der Waals surface area (Å²) in [6.07, 6.45) is 2.73. The zero-order valence-corrected chi connectivity index (χ0v) is 17.2. The molecule has 0 bridgehead atoms. The van der Waals surface area contributed by atoms with Gasteiger partial charge in [-0.1, -0.05) is 12.1 Å². The van der Waals surface area contributed by atoms with Crippen LogP contribution < -0.4 is 0 Å². The average molecular weight is 383 g/mol. The third kappa shape index (κ3) is 5.99. The maximum atomic E-state index is 12.1. The summed E-state index contributed by atoms with van der Waals surface area (Å²) in [5.74, 6) is 0. The molecular formula is C19H30N2O4S. The third-order valence-corrected chi connectivity index (χ3v) is 5.61. The lowest BCUT2D eigenvalue weighted by Gasteiger charge is -2.37. The molecular weight excluding hydrogens is 352 g/mol. The monoisotopic (exact) mass is 382 g/mol. The number of hydrogen-bond acceptors (Lipinski definition) is 5. The van der Waals surface area contributed by atoms with Crippen LogP contribution in [0.3, 0.4) is 0 Å². The Hall–Kier alpha value is -1.60. The molecule has 1 fully saturated rings. The van der Waals surface area contributed by atoms with Gasteiger partial charge in [0.05, 0.1) is 4.90 Å². The van der Waals surface area contributed by atoms with Crippen molar-refractivity contribution in [2.45, 2.75) is 56.7 Å². The van der Waals surface area contributed by atoms with E-state index in [0.29, 0.717) is 30.6 Å². The molecule has 1 aromatic carbocycles. The predicted octanol–water partition coefficient (Wildman–Crippen LogP) is 2.92. The van der Waals surface area contributed by atoms with E-state index in [-0.39, 0.29) is 6.09 Å². The Bertz CT molecular complexity index is 732. The molecule has 1 aliphatic heterocycles. The Labute approximate surface area is 157 Å². The van der Waals surface area contributed by atoms with Gasteiger partial charge in [-0.15, -0.1) is 0 Å². The number of sulfone groups is 1. The predicted molar refractivity (Wildman–Crippen MR) is 102 cm³/mol. The Morgan fingerprint density at radius 1 is 1.27 bits per heavy atom. The highest BCUT2D eigenvalue weighted by Crippen LogP contribution is 2.20. The molecule has 6 nitrogen and oxygen atoms in total. The van der Waals surface area contributed by atoms with Crippen LogP contribution in [0.1, 0.15) is 39.2 Å². The standard InChI is InChI=1S/C19H30N2O4S/c1-19(2,3)25-18(22)21-11-9-16(10-12-21)20(4)14-15-7-6-8-17(13-15)26(5,23)24/h6-8,13,16H,9-12,14H2,1-5H3. The van der Waals surface area contributed by atoms with Gasteiger partial charge in [0.1, 0.15) is 5.60 Å². The minimum Gasteiger partial charge on any atom is -0.444 e. The van der Waals surface area contributed by atoms with Crippen molar-refractivity contribution >= 4 is 15.9 Å². The Morgan fingerprint density at radius 2 is 1.88 bits per heavy atom. The summed E-state index contributed by atoms with van der Waals surface area (Å²) < 4.78 is 28.8. The number of piperidine rings is 1. The SMILES string of the molecule is CN(Cc1cccc(S(C)(=O)=O)c1)C1CCN(C(=O)OC(C)(C)C)CC1. The van der Waals surface area contributed by atoms with E-state index >= 15 is 0 Å². The van der Waals surface area contributed by atoms with Gasteiger partial charge >= 0.3 is 6.09 Å². The molecule has 0 N–H and O–H groups in total. The molecule has 1 aliphatic rings. The van der Waals surface area contributed by atoms with E-state index < -0.39 is 15.4 Å². The lowest BCUT2D eigenvalue weighted by Crippen LogP contribution is -2.46. The number of hydrogen-bond donors (Lipinski definition) is 0. The highest BCUT2D eigenvalue weighted by Gasteiger charge is 2.28. The second kappa shape index (κ2) is 7.96. The highest BCUT2D eigenvalue weighted by atomic mass is 32.2. The molecule has 0 radical (unpaired) electrons. The van der Waals surface area contributed by atoms with Crippen LogP contribution in [0.5, 0.6) is 0 Å². The number of benzene rings is 1. The molecule has 2 rings (SSSR count). The summed E-state index contributed by atoms with van der Waals surface area (Å²) in [5.41, 5.74) is 0.500. The van der Waals surface area contributed by atoms with Crippen molar-refractivity contribution in [3.05, 3.63) is 29.8 Å². The first-order valence-electron chi connectivity index (χ1n) is 8.93. The second-order valence-electron chi connectivity index (χ2n) is 8.03. The van der Waals surface area contributed by atoms with E-state index in [0.717, 1.165) is 18.4 Å². The summed E-state index contributed by atoms with van der Waals surface area (Å²) in [5, 5.41) is 0. The van der Waals surface area contributed by atoms with Crippen molar-refractivity contribution in [3.63, 3.8) is 0 Å². The van der Waals surface area contributed by atoms with Gasteiger partial charge < -0.3 is 9.64 Å². The maximum absolute atomic E-state index is 12.1. The van der Waals surface area contributed by atoms with Gasteiger partial charge in [0.25, 0.3) is 0 Å². The van der Waals surface area contributed by atoms with Crippen molar-refractivity contribution in [3.8, 4) is 0 Å². The van der Waals surface area contributed by atoms with E-state index in [1.807, 2.05) is 33.9 Å². The molecule has 0 atom stereocenters. The third-order valence-electron chi connectivity index (χ3n) is 4.50. The van der Waals surface area contributed by atoms with Crippen molar-refractivity contribution in [2.24, 2.45) is 0 Å². The van der Waals surface area contributed by atoms with Gasteiger partial charge in [-0.05, 0) is 58.4 Å². The van der Waals surface area contributed by atoms with Crippen LogP contribution >= 0.6 is 0 Å². The van der Waals surface area contributed by atoms with Crippen molar-refractivity contribution in [2.75, 3.05) is 26.4 Å². The average Bonchev–Trinajstić information content (AvgIpc) is 2.53. The fraction of sp³-hybridized carbons (Fsp3) is 0.632. The van der Waals surface area contributed by atoms with Gasteiger partial charge in [0, 0.05) is 31.9 Å². The van der Waals surface area contributed by atoms with Crippen LogP contribution in [0.25, 0.3) is 0 Å². The number of amides is 1. The number of carbonyl (C=O) groups is 1. The number of rotatable bonds is 4. The van der Waals surface area contributed by atoms with Gasteiger partial charge in [-0.3, -0.25) is 4.90 Å². The molecule has 1 amide bonds. The first-order chi connectivity index (χ1) is 12.0. The summed E-state index contributed by atoms with van der Waals surface area (Å²) in [6, 6.07) is 7.45. The number of ether oxygens (including phenoxy) is 1. The summed E-state index contributed by atoms with van der Waals surface area (Å²) in [4.78, 5) is 16.5. The van der Waals surface area contributed by atoms with E-state index in [9.17, 15) is 13.2 Å². The molecule has 1 aromatic rings. The van der Waals surface area contributed by atoms with Gasteiger partial charge in [0.2, 0.25) is 0 Å². The van der Waals surface area contributed by atoms with Crippen LogP contribution in [0, 0.1) is 0 Å². The lowest BCUT2D eigenvalue weighted by atomic mass is 10.0. The molecule has 1 saturated heterocycles. The maximum Gasteiger partial charge on any atom is 0.410 e. The summed E-state index contributed by atoms with van der Waals surface area (Å²) in [6.45, 7) is 7.64. The molecule has 7 heteroatoms. The fourth-order valence-electron chi connectivity index (χ4n) is 3.11. The van der Waals surface area contributed by atoms with Crippen LogP contribution in [-0.4, -0.2) is 62.3 Å². The number of nitrogens with zero attached hydrogens (tertiary/aromatic N) is 2. The molecule has 0 unspecified atom stereocenters. The normalized spacial score (nSPS) is 16.8. The van der Waals surface area contributed by atoms with Crippen molar-refractivity contribution in [1.82, 2.24) is 9.80 Å². The first-order valence-corrected chi connectivity index (χ1v) is 10.8. The minimum atomic E-state index is -3.19. The van der Waals surface area contributed by atoms with Crippen molar-refractivity contribution in [1.29, 1.82) is 0 Å². The zero-order chi connectivity index (χ0) is 19.5. The van der Waals surface area contributed by atoms with Gasteiger partial charge in [0.15, 0.2) is 9.84 Å². The molecule has 0 spiro atoms. The number of likely N-dealkylation sites (tertiary alicyclic amines) is 1. The van der Waals surface area contributed by atoms with Crippen LogP contribution in [0.2, 0.25) is 0 Å². The molecule has 26 heavy (non-hydrogen) atoms. The quantitative estimate of drug-likeness (QED) is 0.801. The Morgan fingerprint density at radius 3 is 2.42 bits per heavy atom. The minimum absolute atomic E-state index is 0.251. The van der Waals surface area contributed by atoms with E-state index in [2.05, 4.69) is 4.90 Å². The fourth-order valence-corrected chi connectivity index (χ4v) is 3.80. The van der Waals surface area contributed by atoms with Crippen molar-refractivity contribution < 1.29 is 17.9 Å². The van der Waals surface area contributed by atoms with Crippen LogP contribution in [0.15, 0.2) is 29.2 Å². The second-order valence-corrected chi connectivity index (χ2v) is 10.0. The highest BCUT2D eigenvalue weighted by molar-refractivity contribution is 7.90. The van der Waals surface area contributed by atoms with E-state index in [1.165, 1.54) is 6.26 Å². The largest absolute Gasteiger partial charge is 0.444 e. The summed E-state index contributed by atoms with van der Waals surface area (Å²) in [7, 11) is -1.15. The van der Waals surface area contributed by atoms with Crippen LogP contribution in [-0.2, 0) is 21.1 Å². The molecule has 0 saturated carbocycles. The van der Waals surface area contributed by atoms with Gasteiger partial charge in [-0.2, -0.15) is 0 Å². The molecule has 146 valence electrons. The van der Waals surface area contributed by atoms with E-state index in [1.54, 1.807) is 23.1 Å². The number of carbonyl (C=O) groups excluding carboxylic acids is 1. The van der Waals surface area contributed by atoms with E-state index in [4.69, 9.17) is 4.74 Å². The molecule has 0 aromatic heterocycles. The Kier molecular flexibility index (Phi) is 6.34. The zero-order valence-electron chi connectivity index (χ0n) is 16.4. The first kappa shape index (κ1) is 20.7. The lowest BCUT2D eigenvalue weighted by molar-refractivity contribution is 0.0153. The summed E-state index contributed by atoms with van der Waals surface area (Å²) >= 11 is 0. The topological polar surface area (TPSA) is 66.9 Å². The Balaban J connectivity index is 1.91.